The first-order valence-corrected chi connectivity index (χ1v) is 6.76. The number of benzene rings is 2. The molecule has 19 heavy (non-hydrogen) atoms. The van der Waals surface area contributed by atoms with Crippen LogP contribution in [-0.4, -0.2) is 11.1 Å². The first-order chi connectivity index (χ1) is 9.08. The lowest BCUT2D eigenvalue weighted by molar-refractivity contribution is -0.136. The fraction of sp³-hybridized carbons (Fsp3) is 0.133. The molecule has 0 saturated carbocycles. The molecule has 0 aliphatic carbocycles. The van der Waals surface area contributed by atoms with Crippen molar-refractivity contribution in [2.24, 2.45) is 0 Å². The van der Waals surface area contributed by atoms with Crippen LogP contribution in [0.4, 0.5) is 5.69 Å². The van der Waals surface area contributed by atoms with Crippen molar-refractivity contribution in [2.45, 2.75) is 17.1 Å². The lowest BCUT2D eigenvalue weighted by atomic mass is 10.1. The summed E-state index contributed by atoms with van der Waals surface area (Å²) in [6.07, 6.45) is 0. The molecule has 0 radical (unpaired) electrons. The predicted octanol–water partition coefficient (Wildman–Crippen LogP) is 3.50. The molecular formula is C15H15NO2S. The van der Waals surface area contributed by atoms with Crippen LogP contribution in [0, 0.1) is 6.92 Å². The van der Waals surface area contributed by atoms with Crippen molar-refractivity contribution in [3.63, 3.8) is 0 Å². The number of hydrogen-bond acceptors (Lipinski definition) is 3. The maximum atomic E-state index is 11.4. The van der Waals surface area contributed by atoms with Crippen LogP contribution in [0.3, 0.4) is 0 Å². The van der Waals surface area contributed by atoms with E-state index in [1.807, 2.05) is 55.5 Å². The minimum atomic E-state index is -0.864. The molecule has 0 amide bonds. The smallest absolute Gasteiger partial charge is 0.321 e. The van der Waals surface area contributed by atoms with Crippen LogP contribution in [0.5, 0.6) is 0 Å². The number of carboxylic acids is 1. The molecule has 0 aliphatic rings. The zero-order valence-electron chi connectivity index (χ0n) is 10.5. The maximum Gasteiger partial charge on any atom is 0.321 e. The molecule has 2 aromatic carbocycles. The third-order valence-electron chi connectivity index (χ3n) is 2.74. The summed E-state index contributed by atoms with van der Waals surface area (Å²) >= 11 is 1.27. The Morgan fingerprint density at radius 3 is 2.53 bits per heavy atom. The monoisotopic (exact) mass is 273 g/mol. The third-order valence-corrected chi connectivity index (χ3v) is 4.06. The lowest BCUT2D eigenvalue weighted by Gasteiger charge is -2.14. The van der Waals surface area contributed by atoms with Gasteiger partial charge in [-0.25, -0.2) is 0 Å². The van der Waals surface area contributed by atoms with Crippen LogP contribution in [0.2, 0.25) is 0 Å². The van der Waals surface area contributed by atoms with Gasteiger partial charge in [-0.1, -0.05) is 36.4 Å². The quantitative estimate of drug-likeness (QED) is 0.661. The fourth-order valence-corrected chi connectivity index (χ4v) is 2.87. The molecule has 3 N–H and O–H groups in total. The Labute approximate surface area is 116 Å². The van der Waals surface area contributed by atoms with Crippen molar-refractivity contribution in [1.82, 2.24) is 0 Å². The van der Waals surface area contributed by atoms with Gasteiger partial charge in [-0.3, -0.25) is 4.79 Å². The molecule has 2 rings (SSSR count). The zero-order chi connectivity index (χ0) is 13.8. The highest BCUT2D eigenvalue weighted by Gasteiger charge is 2.21. The summed E-state index contributed by atoms with van der Waals surface area (Å²) < 4.78 is 0. The van der Waals surface area contributed by atoms with Gasteiger partial charge in [0.25, 0.3) is 0 Å². The number of carbonyl (C=O) groups is 1. The van der Waals surface area contributed by atoms with Crippen molar-refractivity contribution in [2.75, 3.05) is 5.73 Å². The van der Waals surface area contributed by atoms with E-state index in [9.17, 15) is 9.90 Å². The normalized spacial score (nSPS) is 12.1. The molecule has 0 bridgehead atoms. The summed E-state index contributed by atoms with van der Waals surface area (Å²) in [6, 6.07) is 14.8. The summed E-state index contributed by atoms with van der Waals surface area (Å²) in [7, 11) is 0. The predicted molar refractivity (Wildman–Crippen MR) is 78.3 cm³/mol. The van der Waals surface area contributed by atoms with E-state index in [0.29, 0.717) is 5.69 Å². The summed E-state index contributed by atoms with van der Waals surface area (Å²) in [5.74, 6) is -0.864. The van der Waals surface area contributed by atoms with Crippen molar-refractivity contribution in [1.29, 1.82) is 0 Å². The summed E-state index contributed by atoms with van der Waals surface area (Å²) in [4.78, 5) is 12.2. The second-order valence-corrected chi connectivity index (χ2v) is 5.44. The first kappa shape index (κ1) is 13.5. The summed E-state index contributed by atoms with van der Waals surface area (Å²) in [5, 5.41) is 8.74. The number of aliphatic carboxylic acids is 1. The fourth-order valence-electron chi connectivity index (χ4n) is 1.76. The third kappa shape index (κ3) is 3.29. The van der Waals surface area contributed by atoms with Gasteiger partial charge >= 0.3 is 5.97 Å². The van der Waals surface area contributed by atoms with E-state index >= 15 is 0 Å². The van der Waals surface area contributed by atoms with Gasteiger partial charge in [0.15, 0.2) is 0 Å². The molecule has 3 nitrogen and oxygen atoms in total. The molecule has 0 aromatic heterocycles. The van der Waals surface area contributed by atoms with Crippen molar-refractivity contribution < 1.29 is 9.90 Å². The highest BCUT2D eigenvalue weighted by molar-refractivity contribution is 8.00. The molecule has 0 spiro atoms. The van der Waals surface area contributed by atoms with E-state index in [2.05, 4.69) is 0 Å². The largest absolute Gasteiger partial charge is 0.480 e. The number of hydrogen-bond donors (Lipinski definition) is 2. The number of carboxylic acid groups (broad SMARTS) is 1. The number of nitrogens with two attached hydrogens (primary N) is 1. The Morgan fingerprint density at radius 1 is 1.21 bits per heavy atom. The average Bonchev–Trinajstić information content (AvgIpc) is 2.40. The molecule has 0 heterocycles. The molecule has 0 aliphatic heterocycles. The SMILES string of the molecule is Cc1ccc(N)c(SC(C(=O)O)c2ccccc2)c1. The van der Waals surface area contributed by atoms with Crippen LogP contribution in [0.1, 0.15) is 16.4 Å². The first-order valence-electron chi connectivity index (χ1n) is 5.88. The van der Waals surface area contributed by atoms with Gasteiger partial charge in [0.2, 0.25) is 0 Å². The second-order valence-electron chi connectivity index (χ2n) is 4.29. The van der Waals surface area contributed by atoms with E-state index in [1.165, 1.54) is 11.8 Å². The lowest BCUT2D eigenvalue weighted by Crippen LogP contribution is -2.08. The molecule has 98 valence electrons. The highest BCUT2D eigenvalue weighted by Crippen LogP contribution is 2.38. The maximum absolute atomic E-state index is 11.4. The molecule has 2 aromatic rings. The van der Waals surface area contributed by atoms with E-state index < -0.39 is 11.2 Å². The van der Waals surface area contributed by atoms with Gasteiger partial charge in [0.1, 0.15) is 5.25 Å². The summed E-state index contributed by atoms with van der Waals surface area (Å²) in [6.45, 7) is 1.96. The Balaban J connectivity index is 2.32. The topological polar surface area (TPSA) is 63.3 Å². The van der Waals surface area contributed by atoms with E-state index in [4.69, 9.17) is 5.73 Å². The summed E-state index contributed by atoms with van der Waals surface area (Å²) in [5.41, 5.74) is 8.34. The van der Waals surface area contributed by atoms with Gasteiger partial charge < -0.3 is 10.8 Å². The van der Waals surface area contributed by atoms with Gasteiger partial charge in [0.05, 0.1) is 0 Å². The van der Waals surface area contributed by atoms with Gasteiger partial charge in [-0.2, -0.15) is 0 Å². The number of aryl methyl sites for hydroxylation is 1. The van der Waals surface area contributed by atoms with E-state index in [0.717, 1.165) is 16.0 Å². The Kier molecular flexibility index (Phi) is 4.12. The van der Waals surface area contributed by atoms with Crippen LogP contribution in [0.15, 0.2) is 53.4 Å². The highest BCUT2D eigenvalue weighted by atomic mass is 32.2. The van der Waals surface area contributed by atoms with Crippen LogP contribution in [0.25, 0.3) is 0 Å². The molecule has 1 atom stereocenters. The number of nitrogen functional groups attached to an aromatic ring is 1. The molecular weight excluding hydrogens is 258 g/mol. The standard InChI is InChI=1S/C15H15NO2S/c1-10-7-8-12(16)13(9-10)19-14(15(17)18)11-5-3-2-4-6-11/h2-9,14H,16H2,1H3,(H,17,18). The van der Waals surface area contributed by atoms with Gasteiger partial charge in [-0.05, 0) is 30.2 Å². The minimum Gasteiger partial charge on any atom is -0.480 e. The molecule has 1 unspecified atom stereocenters. The number of anilines is 1. The Bertz CT molecular complexity index is 584. The second kappa shape index (κ2) is 5.80. The zero-order valence-corrected chi connectivity index (χ0v) is 11.4. The Morgan fingerprint density at radius 2 is 1.89 bits per heavy atom. The van der Waals surface area contributed by atoms with Crippen molar-refractivity contribution in [3.05, 3.63) is 59.7 Å². The van der Waals surface area contributed by atoms with Crippen LogP contribution in [-0.2, 0) is 4.79 Å². The van der Waals surface area contributed by atoms with Crippen molar-refractivity contribution >= 4 is 23.4 Å². The molecule has 0 saturated heterocycles. The van der Waals surface area contributed by atoms with Gasteiger partial charge in [0, 0.05) is 10.6 Å². The Hall–Kier alpha value is -1.94. The number of thioether (sulfide) groups is 1. The molecule has 4 heteroatoms. The molecule has 0 fully saturated rings. The van der Waals surface area contributed by atoms with E-state index in [1.54, 1.807) is 0 Å². The van der Waals surface area contributed by atoms with Crippen LogP contribution < -0.4 is 5.73 Å². The van der Waals surface area contributed by atoms with Crippen LogP contribution >= 0.6 is 11.8 Å². The minimum absolute atomic E-state index is 0.609. The van der Waals surface area contributed by atoms with Crippen molar-refractivity contribution in [3.8, 4) is 0 Å². The van der Waals surface area contributed by atoms with E-state index in [-0.39, 0.29) is 0 Å². The number of rotatable bonds is 4. The van der Waals surface area contributed by atoms with Gasteiger partial charge in [-0.15, -0.1) is 11.8 Å². The average molecular weight is 273 g/mol.